The predicted molar refractivity (Wildman–Crippen MR) is 117 cm³/mol. The second kappa shape index (κ2) is 9.01. The number of hydrogen-bond acceptors (Lipinski definition) is 4. The van der Waals surface area contributed by atoms with Crippen LogP contribution in [0, 0.1) is 6.92 Å². The highest BCUT2D eigenvalue weighted by Crippen LogP contribution is 2.23. The molecule has 3 rings (SSSR count). The van der Waals surface area contributed by atoms with Gasteiger partial charge in [0.25, 0.3) is 5.91 Å². The molecule has 1 heterocycles. The van der Waals surface area contributed by atoms with E-state index in [1.807, 2.05) is 49.4 Å². The molecule has 29 heavy (non-hydrogen) atoms. The molecule has 0 aliphatic carbocycles. The van der Waals surface area contributed by atoms with Crippen LogP contribution in [0.5, 0.6) is 0 Å². The van der Waals surface area contributed by atoms with Crippen LogP contribution in [0.4, 0.5) is 22.7 Å². The first-order valence-corrected chi connectivity index (χ1v) is 9.47. The highest BCUT2D eigenvalue weighted by atomic mass is 16.2. The number of para-hydroxylation sites is 1. The van der Waals surface area contributed by atoms with Crippen LogP contribution in [0.3, 0.4) is 0 Å². The number of benzene rings is 2. The molecule has 1 aromatic heterocycles. The van der Waals surface area contributed by atoms with Crippen molar-refractivity contribution >= 4 is 34.6 Å². The Morgan fingerprint density at radius 3 is 2.41 bits per heavy atom. The minimum absolute atomic E-state index is 0.132. The van der Waals surface area contributed by atoms with Crippen molar-refractivity contribution in [2.75, 3.05) is 16.0 Å². The molecular weight excluding hydrogens is 364 g/mol. The third kappa shape index (κ3) is 5.19. The summed E-state index contributed by atoms with van der Waals surface area (Å²) >= 11 is 0. The minimum atomic E-state index is -0.260. The molecule has 0 bridgehead atoms. The van der Waals surface area contributed by atoms with Gasteiger partial charge in [-0.1, -0.05) is 31.2 Å². The van der Waals surface area contributed by atoms with Crippen molar-refractivity contribution in [3.05, 3.63) is 77.6 Å². The molecule has 6 heteroatoms. The number of nitrogens with zero attached hydrogens (tertiary/aromatic N) is 1. The fraction of sp³-hybridized carbons (Fsp3) is 0.174. The lowest BCUT2D eigenvalue weighted by Crippen LogP contribution is -2.16. The highest BCUT2D eigenvalue weighted by Gasteiger charge is 2.12. The Bertz CT molecular complexity index is 1050. The van der Waals surface area contributed by atoms with Gasteiger partial charge in [0.2, 0.25) is 5.91 Å². The van der Waals surface area contributed by atoms with E-state index in [-0.39, 0.29) is 11.8 Å². The third-order valence-electron chi connectivity index (χ3n) is 4.44. The summed E-state index contributed by atoms with van der Waals surface area (Å²) in [5.41, 5.74) is 5.47. The van der Waals surface area contributed by atoms with Gasteiger partial charge in [0.05, 0.1) is 0 Å². The third-order valence-corrected chi connectivity index (χ3v) is 4.44. The summed E-state index contributed by atoms with van der Waals surface area (Å²) in [7, 11) is 0. The second-order valence-electron chi connectivity index (χ2n) is 6.73. The van der Waals surface area contributed by atoms with E-state index >= 15 is 0 Å². The molecule has 3 N–H and O–H groups in total. The first-order valence-electron chi connectivity index (χ1n) is 9.47. The average Bonchev–Trinajstić information content (AvgIpc) is 2.69. The maximum absolute atomic E-state index is 12.8. The standard InChI is InChI=1S/C23H24N4O2/c1-4-17-8-5-7-15(2)22(17)27-23(29)21-14-20(11-12-24-21)26-19-10-6-9-18(13-19)25-16(3)28/h5-14H,4H2,1-3H3,(H,24,26)(H,25,28)(H,27,29). The van der Waals surface area contributed by atoms with E-state index in [2.05, 4.69) is 27.9 Å². The van der Waals surface area contributed by atoms with Crippen molar-refractivity contribution in [3.63, 3.8) is 0 Å². The average molecular weight is 388 g/mol. The minimum Gasteiger partial charge on any atom is -0.355 e. The van der Waals surface area contributed by atoms with E-state index in [0.717, 1.165) is 34.6 Å². The van der Waals surface area contributed by atoms with Crippen molar-refractivity contribution in [1.82, 2.24) is 4.98 Å². The van der Waals surface area contributed by atoms with Gasteiger partial charge in [-0.05, 0) is 54.8 Å². The fourth-order valence-corrected chi connectivity index (χ4v) is 3.06. The molecule has 0 aliphatic rings. The SMILES string of the molecule is CCc1cccc(C)c1NC(=O)c1cc(Nc2cccc(NC(C)=O)c2)ccn1. The molecule has 6 nitrogen and oxygen atoms in total. The van der Waals surface area contributed by atoms with Gasteiger partial charge in [0.15, 0.2) is 0 Å². The van der Waals surface area contributed by atoms with Crippen LogP contribution in [-0.2, 0) is 11.2 Å². The van der Waals surface area contributed by atoms with Crippen LogP contribution in [0.2, 0.25) is 0 Å². The zero-order valence-electron chi connectivity index (χ0n) is 16.7. The molecule has 0 saturated heterocycles. The number of amides is 2. The van der Waals surface area contributed by atoms with E-state index in [9.17, 15) is 9.59 Å². The van der Waals surface area contributed by atoms with Crippen molar-refractivity contribution in [2.45, 2.75) is 27.2 Å². The van der Waals surface area contributed by atoms with Crippen LogP contribution in [0.15, 0.2) is 60.8 Å². The largest absolute Gasteiger partial charge is 0.355 e. The Kier molecular flexibility index (Phi) is 6.24. The van der Waals surface area contributed by atoms with Crippen molar-refractivity contribution in [3.8, 4) is 0 Å². The zero-order chi connectivity index (χ0) is 20.8. The lowest BCUT2D eigenvalue weighted by Gasteiger charge is -2.13. The summed E-state index contributed by atoms with van der Waals surface area (Å²) in [5, 5.41) is 8.98. The second-order valence-corrected chi connectivity index (χ2v) is 6.73. The predicted octanol–water partition coefficient (Wildman–Crippen LogP) is 4.91. The molecule has 0 fully saturated rings. The van der Waals surface area contributed by atoms with Crippen LogP contribution < -0.4 is 16.0 Å². The van der Waals surface area contributed by atoms with Gasteiger partial charge >= 0.3 is 0 Å². The first kappa shape index (κ1) is 20.1. The van der Waals surface area contributed by atoms with Crippen LogP contribution in [-0.4, -0.2) is 16.8 Å². The Morgan fingerprint density at radius 1 is 0.931 bits per heavy atom. The number of nitrogens with one attached hydrogen (secondary N) is 3. The quantitative estimate of drug-likeness (QED) is 0.560. The number of anilines is 4. The number of rotatable bonds is 6. The molecule has 0 atom stereocenters. The smallest absolute Gasteiger partial charge is 0.274 e. The summed E-state index contributed by atoms with van der Waals surface area (Å²) in [5.74, 6) is -0.391. The van der Waals surface area contributed by atoms with Gasteiger partial charge in [0.1, 0.15) is 5.69 Å². The number of aryl methyl sites for hydroxylation is 2. The van der Waals surface area contributed by atoms with Gasteiger partial charge < -0.3 is 16.0 Å². The molecule has 2 aromatic carbocycles. The van der Waals surface area contributed by atoms with Gasteiger partial charge in [-0.2, -0.15) is 0 Å². The summed E-state index contributed by atoms with van der Waals surface area (Å²) in [6, 6.07) is 16.8. The van der Waals surface area contributed by atoms with Crippen molar-refractivity contribution in [1.29, 1.82) is 0 Å². The number of hydrogen-bond donors (Lipinski definition) is 3. The van der Waals surface area contributed by atoms with Gasteiger partial charge in [-0.3, -0.25) is 14.6 Å². The molecule has 0 aliphatic heterocycles. The summed E-state index contributed by atoms with van der Waals surface area (Å²) < 4.78 is 0. The molecular formula is C23H24N4O2. The number of aromatic nitrogens is 1. The van der Waals surface area contributed by atoms with Crippen LogP contribution >= 0.6 is 0 Å². The Labute approximate surface area is 170 Å². The molecule has 0 saturated carbocycles. The normalized spacial score (nSPS) is 10.3. The lowest BCUT2D eigenvalue weighted by molar-refractivity contribution is -0.114. The van der Waals surface area contributed by atoms with Gasteiger partial charge in [-0.15, -0.1) is 0 Å². The maximum atomic E-state index is 12.8. The number of carbonyl (C=O) groups excluding carboxylic acids is 2. The molecule has 148 valence electrons. The van der Waals surface area contributed by atoms with Crippen LogP contribution in [0.1, 0.15) is 35.5 Å². The van der Waals surface area contributed by atoms with E-state index < -0.39 is 0 Å². The Morgan fingerprint density at radius 2 is 1.66 bits per heavy atom. The summed E-state index contributed by atoms with van der Waals surface area (Å²) in [6.07, 6.45) is 2.42. The number of carbonyl (C=O) groups is 2. The fourth-order valence-electron chi connectivity index (χ4n) is 3.06. The van der Waals surface area contributed by atoms with Gasteiger partial charge in [0, 0.05) is 35.9 Å². The van der Waals surface area contributed by atoms with E-state index in [0.29, 0.717) is 11.4 Å². The molecule has 0 unspecified atom stereocenters. The zero-order valence-corrected chi connectivity index (χ0v) is 16.7. The first-order chi connectivity index (χ1) is 14.0. The summed E-state index contributed by atoms with van der Waals surface area (Å²) in [6.45, 7) is 5.50. The monoisotopic (exact) mass is 388 g/mol. The van der Waals surface area contributed by atoms with Gasteiger partial charge in [-0.25, -0.2) is 0 Å². The van der Waals surface area contributed by atoms with E-state index in [1.54, 1.807) is 18.3 Å². The molecule has 0 radical (unpaired) electrons. The highest BCUT2D eigenvalue weighted by molar-refractivity contribution is 6.04. The maximum Gasteiger partial charge on any atom is 0.274 e. The lowest BCUT2D eigenvalue weighted by atomic mass is 10.1. The van der Waals surface area contributed by atoms with E-state index in [1.165, 1.54) is 6.92 Å². The van der Waals surface area contributed by atoms with Crippen molar-refractivity contribution < 1.29 is 9.59 Å². The summed E-state index contributed by atoms with van der Waals surface area (Å²) in [4.78, 5) is 28.2. The molecule has 3 aromatic rings. The Hall–Kier alpha value is -3.67. The Balaban J connectivity index is 1.78. The molecule has 0 spiro atoms. The van der Waals surface area contributed by atoms with Crippen molar-refractivity contribution in [2.24, 2.45) is 0 Å². The van der Waals surface area contributed by atoms with Crippen LogP contribution in [0.25, 0.3) is 0 Å². The molecule has 2 amide bonds. The number of pyridine rings is 1. The topological polar surface area (TPSA) is 83.1 Å². The van der Waals surface area contributed by atoms with E-state index in [4.69, 9.17) is 0 Å².